The van der Waals surface area contributed by atoms with Crippen LogP contribution in [-0.2, 0) is 4.79 Å². The molecule has 0 fully saturated rings. The number of hydrogen-bond donors (Lipinski definition) is 3. The second-order valence-corrected chi connectivity index (χ2v) is 3.65. The largest absolute Gasteiger partial charge is 0.409 e. The first kappa shape index (κ1) is 12.7. The number of nitrogens with two attached hydrogens (primary N) is 1. The van der Waals surface area contributed by atoms with Crippen molar-refractivity contribution in [2.45, 2.75) is 39.7 Å². The van der Waals surface area contributed by atoms with Gasteiger partial charge in [-0.2, -0.15) is 0 Å². The molecule has 4 N–H and O–H groups in total. The number of oxime groups is 1. The molecule has 0 saturated heterocycles. The zero-order chi connectivity index (χ0) is 11.1. The summed E-state index contributed by atoms with van der Waals surface area (Å²) < 4.78 is 0. The summed E-state index contributed by atoms with van der Waals surface area (Å²) in [5.74, 6) is 0.280. The number of rotatable bonds is 5. The van der Waals surface area contributed by atoms with Gasteiger partial charge in [0.1, 0.15) is 0 Å². The minimum Gasteiger partial charge on any atom is -0.409 e. The molecule has 5 heteroatoms. The molecule has 1 atom stereocenters. The summed E-state index contributed by atoms with van der Waals surface area (Å²) >= 11 is 0. The van der Waals surface area contributed by atoms with Crippen molar-refractivity contribution < 1.29 is 10.0 Å². The topological polar surface area (TPSA) is 87.7 Å². The molecular weight excluding hydrogens is 182 g/mol. The van der Waals surface area contributed by atoms with Gasteiger partial charge in [0.25, 0.3) is 0 Å². The lowest BCUT2D eigenvalue weighted by molar-refractivity contribution is -0.122. The Kier molecular flexibility index (Phi) is 5.67. The molecule has 0 spiro atoms. The summed E-state index contributed by atoms with van der Waals surface area (Å²) in [4.78, 5) is 11.3. The molecule has 1 amide bonds. The number of nitrogens with zero attached hydrogens (tertiary/aromatic N) is 1. The summed E-state index contributed by atoms with van der Waals surface area (Å²) in [6.07, 6.45) is 1.06. The van der Waals surface area contributed by atoms with Crippen LogP contribution in [0.4, 0.5) is 0 Å². The fourth-order valence-corrected chi connectivity index (χ4v) is 1.08. The molecule has 14 heavy (non-hydrogen) atoms. The molecule has 82 valence electrons. The summed E-state index contributed by atoms with van der Waals surface area (Å²) in [6.45, 7) is 5.78. The van der Waals surface area contributed by atoms with Crippen molar-refractivity contribution in [1.29, 1.82) is 0 Å². The lowest BCUT2D eigenvalue weighted by Crippen LogP contribution is -2.44. The number of nitrogens with one attached hydrogen (secondary N) is 1. The fourth-order valence-electron chi connectivity index (χ4n) is 1.08. The van der Waals surface area contributed by atoms with E-state index in [1.165, 1.54) is 0 Å². The van der Waals surface area contributed by atoms with Crippen molar-refractivity contribution in [2.75, 3.05) is 0 Å². The molecule has 0 aliphatic rings. The van der Waals surface area contributed by atoms with Gasteiger partial charge in [-0.1, -0.05) is 25.9 Å². The maximum absolute atomic E-state index is 11.3. The van der Waals surface area contributed by atoms with Crippen LogP contribution in [0.1, 0.15) is 33.6 Å². The van der Waals surface area contributed by atoms with E-state index in [9.17, 15) is 4.79 Å². The van der Waals surface area contributed by atoms with Crippen LogP contribution in [0.2, 0.25) is 0 Å². The van der Waals surface area contributed by atoms with Gasteiger partial charge in [-0.05, 0) is 12.3 Å². The van der Waals surface area contributed by atoms with Gasteiger partial charge in [0.2, 0.25) is 5.91 Å². The number of carbonyl (C=O) groups excluding carboxylic acids is 1. The minimum atomic E-state index is -0.369. The zero-order valence-corrected chi connectivity index (χ0v) is 8.95. The zero-order valence-electron chi connectivity index (χ0n) is 8.95. The molecule has 0 aromatic heterocycles. The number of hydrogen-bond acceptors (Lipinski definition) is 3. The summed E-state index contributed by atoms with van der Waals surface area (Å²) in [7, 11) is 0. The van der Waals surface area contributed by atoms with Crippen LogP contribution in [0.5, 0.6) is 0 Å². The van der Waals surface area contributed by atoms with E-state index >= 15 is 0 Å². The smallest absolute Gasteiger partial charge is 0.220 e. The monoisotopic (exact) mass is 201 g/mol. The Bertz CT molecular complexity index is 214. The van der Waals surface area contributed by atoms with E-state index in [1.807, 2.05) is 20.8 Å². The molecule has 1 unspecified atom stereocenters. The Hall–Kier alpha value is -1.26. The maximum Gasteiger partial charge on any atom is 0.220 e. The third kappa shape index (κ3) is 4.69. The molecule has 0 saturated carbocycles. The van der Waals surface area contributed by atoms with E-state index in [1.54, 1.807) is 0 Å². The third-order valence-electron chi connectivity index (χ3n) is 1.81. The first-order valence-electron chi connectivity index (χ1n) is 4.78. The molecule has 0 aliphatic carbocycles. The van der Waals surface area contributed by atoms with Gasteiger partial charge < -0.3 is 16.3 Å². The third-order valence-corrected chi connectivity index (χ3v) is 1.81. The molecule has 0 heterocycles. The molecule has 0 aromatic carbocycles. The predicted molar refractivity (Wildman–Crippen MR) is 55.1 cm³/mol. The van der Waals surface area contributed by atoms with E-state index in [4.69, 9.17) is 10.9 Å². The second kappa shape index (κ2) is 6.23. The Morgan fingerprint density at radius 1 is 1.57 bits per heavy atom. The molecule has 0 rings (SSSR count). The van der Waals surface area contributed by atoms with Crippen LogP contribution in [-0.4, -0.2) is 23.0 Å². The molecular formula is C9H19N3O2. The van der Waals surface area contributed by atoms with E-state index < -0.39 is 0 Å². The summed E-state index contributed by atoms with van der Waals surface area (Å²) in [6, 6.07) is -0.369. The van der Waals surface area contributed by atoms with Crippen molar-refractivity contribution in [3.05, 3.63) is 0 Å². The van der Waals surface area contributed by atoms with Crippen molar-refractivity contribution in [3.63, 3.8) is 0 Å². The van der Waals surface area contributed by atoms with Crippen LogP contribution in [0.3, 0.4) is 0 Å². The quantitative estimate of drug-likeness (QED) is 0.264. The van der Waals surface area contributed by atoms with Crippen LogP contribution in [0, 0.1) is 5.92 Å². The normalized spacial score (nSPS) is 14.1. The first-order chi connectivity index (χ1) is 6.51. The van der Waals surface area contributed by atoms with Crippen LogP contribution in [0.25, 0.3) is 0 Å². The van der Waals surface area contributed by atoms with Crippen molar-refractivity contribution in [1.82, 2.24) is 5.32 Å². The van der Waals surface area contributed by atoms with E-state index in [0.717, 1.165) is 0 Å². The summed E-state index contributed by atoms with van der Waals surface area (Å²) in [5.41, 5.74) is 5.39. The van der Waals surface area contributed by atoms with Gasteiger partial charge in [0.05, 0.1) is 6.04 Å². The van der Waals surface area contributed by atoms with Gasteiger partial charge in [0, 0.05) is 6.42 Å². The standard InChI is InChI=1S/C9H19N3O2/c1-4-7(9(10)12-14)11-8(13)5-6(2)3/h6-7,14H,4-5H2,1-3H3,(H2,10,12)(H,11,13). The van der Waals surface area contributed by atoms with Gasteiger partial charge in [0.15, 0.2) is 5.84 Å². The average molecular weight is 201 g/mol. The van der Waals surface area contributed by atoms with Gasteiger partial charge in [-0.3, -0.25) is 4.79 Å². The highest BCUT2D eigenvalue weighted by molar-refractivity contribution is 5.89. The van der Waals surface area contributed by atoms with Crippen molar-refractivity contribution in [2.24, 2.45) is 16.8 Å². The summed E-state index contributed by atoms with van der Waals surface area (Å²) in [5, 5.41) is 14.0. The molecule has 0 radical (unpaired) electrons. The number of amides is 1. The average Bonchev–Trinajstić information content (AvgIpc) is 2.11. The van der Waals surface area contributed by atoms with Crippen LogP contribution in [0.15, 0.2) is 5.16 Å². The minimum absolute atomic E-state index is 0.0459. The maximum atomic E-state index is 11.3. The van der Waals surface area contributed by atoms with E-state index in [2.05, 4.69) is 10.5 Å². The Balaban J connectivity index is 4.12. The van der Waals surface area contributed by atoms with E-state index in [-0.39, 0.29) is 17.8 Å². The van der Waals surface area contributed by atoms with Gasteiger partial charge >= 0.3 is 0 Å². The number of carbonyl (C=O) groups is 1. The molecule has 5 nitrogen and oxygen atoms in total. The van der Waals surface area contributed by atoms with Gasteiger partial charge in [-0.25, -0.2) is 0 Å². The predicted octanol–water partition coefficient (Wildman–Crippen LogP) is 0.674. The van der Waals surface area contributed by atoms with Gasteiger partial charge in [-0.15, -0.1) is 0 Å². The lowest BCUT2D eigenvalue weighted by Gasteiger charge is -2.15. The SMILES string of the molecule is CCC(NC(=O)CC(C)C)/C(N)=N/O. The van der Waals surface area contributed by atoms with Crippen LogP contribution < -0.4 is 11.1 Å². The molecule has 0 bridgehead atoms. The molecule has 0 aromatic rings. The highest BCUT2D eigenvalue weighted by Crippen LogP contribution is 2.00. The van der Waals surface area contributed by atoms with Crippen molar-refractivity contribution in [3.8, 4) is 0 Å². The van der Waals surface area contributed by atoms with Crippen LogP contribution >= 0.6 is 0 Å². The second-order valence-electron chi connectivity index (χ2n) is 3.65. The Morgan fingerprint density at radius 2 is 2.14 bits per heavy atom. The Morgan fingerprint density at radius 3 is 2.50 bits per heavy atom. The lowest BCUT2D eigenvalue weighted by atomic mass is 10.1. The fraction of sp³-hybridized carbons (Fsp3) is 0.778. The highest BCUT2D eigenvalue weighted by Gasteiger charge is 2.15. The van der Waals surface area contributed by atoms with Crippen molar-refractivity contribution >= 4 is 11.7 Å². The van der Waals surface area contributed by atoms with E-state index in [0.29, 0.717) is 18.8 Å². The highest BCUT2D eigenvalue weighted by atomic mass is 16.4. The number of amidine groups is 1. The molecule has 0 aliphatic heterocycles. The Labute approximate surface area is 84.4 Å². The first-order valence-corrected chi connectivity index (χ1v) is 4.78.